The highest BCUT2D eigenvalue weighted by Gasteiger charge is 2.26. The Morgan fingerprint density at radius 2 is 1.80 bits per heavy atom. The van der Waals surface area contributed by atoms with Crippen molar-refractivity contribution < 1.29 is 19.4 Å². The Morgan fingerprint density at radius 1 is 1.02 bits per heavy atom. The van der Waals surface area contributed by atoms with Crippen LogP contribution in [0, 0.1) is 13.8 Å². The van der Waals surface area contributed by atoms with Gasteiger partial charge in [-0.15, -0.1) is 6.58 Å². The number of hydrogen-bond donors (Lipinski definition) is 1. The lowest BCUT2D eigenvalue weighted by Gasteiger charge is -2.13. The van der Waals surface area contributed by atoms with Crippen molar-refractivity contribution in [2.24, 2.45) is 14.1 Å². The predicted octanol–water partition coefficient (Wildman–Crippen LogP) is 6.76. The highest BCUT2D eigenvalue weighted by Crippen LogP contribution is 2.40. The molecule has 0 aliphatic rings. The van der Waals surface area contributed by atoms with Gasteiger partial charge in [0, 0.05) is 36.0 Å². The molecule has 0 spiro atoms. The van der Waals surface area contributed by atoms with Gasteiger partial charge in [-0.05, 0) is 49.3 Å². The third-order valence-electron chi connectivity index (χ3n) is 7.51. The molecule has 206 valence electrons. The lowest BCUT2D eigenvalue weighted by Crippen LogP contribution is -2.09. The van der Waals surface area contributed by atoms with E-state index in [0.29, 0.717) is 38.4 Å². The molecule has 5 aromatic rings. The van der Waals surface area contributed by atoms with Crippen LogP contribution in [0.2, 0.25) is 0 Å². The second-order valence-electron chi connectivity index (χ2n) is 10.1. The van der Waals surface area contributed by atoms with Crippen LogP contribution in [0.4, 0.5) is 0 Å². The molecule has 0 aliphatic heterocycles. The fourth-order valence-corrected chi connectivity index (χ4v) is 5.76. The first-order valence-corrected chi connectivity index (χ1v) is 13.5. The normalized spacial score (nSPS) is 11.4. The molecule has 0 bridgehead atoms. The molecule has 0 saturated carbocycles. The largest absolute Gasteiger partial charge is 0.493 e. The zero-order valence-electron chi connectivity index (χ0n) is 23.5. The van der Waals surface area contributed by atoms with Crippen LogP contribution in [0.5, 0.6) is 5.75 Å². The minimum Gasteiger partial charge on any atom is -0.493 e. The number of benzene rings is 3. The predicted molar refractivity (Wildman–Crippen MR) is 159 cm³/mol. The third-order valence-corrected chi connectivity index (χ3v) is 7.51. The van der Waals surface area contributed by atoms with Crippen LogP contribution in [-0.4, -0.2) is 38.6 Å². The van der Waals surface area contributed by atoms with Crippen LogP contribution in [-0.2, 0) is 31.9 Å². The van der Waals surface area contributed by atoms with Gasteiger partial charge in [-0.3, -0.25) is 4.68 Å². The summed E-state index contributed by atoms with van der Waals surface area (Å²) in [4.78, 5) is 12.6. The van der Waals surface area contributed by atoms with E-state index in [1.807, 2.05) is 60.6 Å². The van der Waals surface area contributed by atoms with Gasteiger partial charge < -0.3 is 19.1 Å². The number of carbonyl (C=O) groups is 1. The van der Waals surface area contributed by atoms with Crippen molar-refractivity contribution in [2.45, 2.75) is 33.3 Å². The summed E-state index contributed by atoms with van der Waals surface area (Å²) in [6, 6.07) is 18.3. The number of aryl methyl sites for hydroxylation is 5. The summed E-state index contributed by atoms with van der Waals surface area (Å²) in [7, 11) is 3.75. The standard InChI is InChI=1S/C33H35N3O4/c1-6-18-39-20-27-30(22(3)34-36(27)5)29-21(2)16-17-26-25(32(33(37)38)35(4)31(26)29)14-10-19-40-28-15-9-12-23-11-7-8-13-24(23)28/h6-9,11-13,15-17H,1,10,14,18-20H2,2-5H3,(H,37,38). The first kappa shape index (κ1) is 27.2. The quantitative estimate of drug-likeness (QED) is 0.149. The number of rotatable bonds is 11. The Balaban J connectivity index is 1.52. The van der Waals surface area contributed by atoms with Gasteiger partial charge in [0.05, 0.1) is 36.7 Å². The average molecular weight is 538 g/mol. The van der Waals surface area contributed by atoms with Crippen molar-refractivity contribution in [3.8, 4) is 16.9 Å². The molecule has 7 heteroatoms. The van der Waals surface area contributed by atoms with E-state index in [2.05, 4.69) is 42.9 Å². The maximum atomic E-state index is 12.6. The molecule has 0 radical (unpaired) electrons. The van der Waals surface area contributed by atoms with Crippen LogP contribution >= 0.6 is 0 Å². The topological polar surface area (TPSA) is 78.5 Å². The maximum Gasteiger partial charge on any atom is 0.352 e. The number of carboxylic acid groups (broad SMARTS) is 1. The Bertz CT molecular complexity index is 1720. The molecular weight excluding hydrogens is 502 g/mol. The Kier molecular flexibility index (Phi) is 7.76. The molecule has 5 rings (SSSR count). The van der Waals surface area contributed by atoms with E-state index in [4.69, 9.17) is 9.47 Å². The fraction of sp³-hybridized carbons (Fsp3) is 0.273. The first-order chi connectivity index (χ1) is 19.3. The molecule has 1 N–H and O–H groups in total. The minimum atomic E-state index is -0.940. The van der Waals surface area contributed by atoms with E-state index >= 15 is 0 Å². The Labute approximate surface area is 234 Å². The summed E-state index contributed by atoms with van der Waals surface area (Å²) in [5.41, 5.74) is 6.86. The van der Waals surface area contributed by atoms with Gasteiger partial charge in [-0.25, -0.2) is 4.79 Å². The molecule has 0 saturated heterocycles. The molecule has 2 aromatic heterocycles. The monoisotopic (exact) mass is 537 g/mol. The summed E-state index contributed by atoms with van der Waals surface area (Å²) in [5, 5.41) is 18.1. The summed E-state index contributed by atoms with van der Waals surface area (Å²) < 4.78 is 15.6. The molecule has 0 fully saturated rings. The zero-order valence-corrected chi connectivity index (χ0v) is 23.5. The third kappa shape index (κ3) is 4.89. The highest BCUT2D eigenvalue weighted by molar-refractivity contribution is 6.05. The van der Waals surface area contributed by atoms with Crippen molar-refractivity contribution in [2.75, 3.05) is 13.2 Å². The average Bonchev–Trinajstić information content (AvgIpc) is 3.38. The van der Waals surface area contributed by atoms with E-state index in [1.54, 1.807) is 6.08 Å². The van der Waals surface area contributed by atoms with Crippen LogP contribution in [0.3, 0.4) is 0 Å². The molecular formula is C33H35N3O4. The minimum absolute atomic E-state index is 0.304. The van der Waals surface area contributed by atoms with Crippen LogP contribution in [0.25, 0.3) is 32.8 Å². The number of hydrogen-bond acceptors (Lipinski definition) is 4. The fourth-order valence-electron chi connectivity index (χ4n) is 5.76. The lowest BCUT2D eigenvalue weighted by molar-refractivity contribution is 0.0685. The van der Waals surface area contributed by atoms with Gasteiger partial charge in [-0.1, -0.05) is 54.6 Å². The second kappa shape index (κ2) is 11.4. The van der Waals surface area contributed by atoms with E-state index in [9.17, 15) is 9.90 Å². The summed E-state index contributed by atoms with van der Waals surface area (Å²) in [5.74, 6) is -0.102. The maximum absolute atomic E-state index is 12.6. The zero-order chi connectivity index (χ0) is 28.4. The van der Waals surface area contributed by atoms with Crippen LogP contribution in [0.15, 0.2) is 67.3 Å². The smallest absolute Gasteiger partial charge is 0.352 e. The Hall–Kier alpha value is -4.36. The number of ether oxygens (including phenoxy) is 2. The van der Waals surface area contributed by atoms with Gasteiger partial charge in [0.2, 0.25) is 0 Å². The van der Waals surface area contributed by atoms with Crippen molar-refractivity contribution in [3.63, 3.8) is 0 Å². The number of aromatic carboxylic acids is 1. The first-order valence-electron chi connectivity index (χ1n) is 13.5. The van der Waals surface area contributed by atoms with Gasteiger partial charge in [0.1, 0.15) is 11.4 Å². The molecule has 0 atom stereocenters. The van der Waals surface area contributed by atoms with E-state index in [-0.39, 0.29) is 0 Å². The second-order valence-corrected chi connectivity index (χ2v) is 10.1. The summed E-state index contributed by atoms with van der Waals surface area (Å²) >= 11 is 0. The molecule has 7 nitrogen and oxygen atoms in total. The molecule has 0 aliphatic carbocycles. The van der Waals surface area contributed by atoms with Crippen LogP contribution < -0.4 is 4.74 Å². The van der Waals surface area contributed by atoms with Crippen molar-refractivity contribution in [1.82, 2.24) is 14.3 Å². The van der Waals surface area contributed by atoms with E-state index in [0.717, 1.165) is 61.1 Å². The molecule has 0 unspecified atom stereocenters. The lowest BCUT2D eigenvalue weighted by atomic mass is 9.94. The molecule has 0 amide bonds. The molecule has 40 heavy (non-hydrogen) atoms. The number of nitrogens with zero attached hydrogens (tertiary/aromatic N) is 3. The Morgan fingerprint density at radius 3 is 2.58 bits per heavy atom. The number of fused-ring (bicyclic) bond motifs is 2. The van der Waals surface area contributed by atoms with Gasteiger partial charge >= 0.3 is 5.97 Å². The van der Waals surface area contributed by atoms with Gasteiger partial charge in [0.15, 0.2) is 0 Å². The SMILES string of the molecule is C=CCOCc1c(-c2c(C)ccc3c(CCCOc4cccc5ccccc45)c(C(=O)O)n(C)c23)c(C)nn1C. The number of aromatic nitrogens is 3. The van der Waals surface area contributed by atoms with Gasteiger partial charge in [0.25, 0.3) is 0 Å². The van der Waals surface area contributed by atoms with Crippen molar-refractivity contribution >= 4 is 27.6 Å². The number of carboxylic acids is 1. The summed E-state index contributed by atoms with van der Waals surface area (Å²) in [6.07, 6.45) is 2.98. The van der Waals surface area contributed by atoms with E-state index < -0.39 is 5.97 Å². The summed E-state index contributed by atoms with van der Waals surface area (Å²) in [6.45, 7) is 9.08. The highest BCUT2D eigenvalue weighted by atomic mass is 16.5. The molecule has 2 heterocycles. The van der Waals surface area contributed by atoms with E-state index in [1.165, 1.54) is 0 Å². The molecule has 3 aromatic carbocycles. The van der Waals surface area contributed by atoms with Crippen molar-refractivity contribution in [3.05, 3.63) is 95.5 Å². The van der Waals surface area contributed by atoms with Crippen molar-refractivity contribution in [1.29, 1.82) is 0 Å². The van der Waals surface area contributed by atoms with Crippen LogP contribution in [0.1, 0.15) is 39.4 Å². The van der Waals surface area contributed by atoms with Gasteiger partial charge in [-0.2, -0.15) is 5.10 Å².